The largest absolute Gasteiger partial charge is 0.485 e. The Morgan fingerprint density at radius 2 is 2.11 bits per heavy atom. The molecule has 0 aliphatic carbocycles. The van der Waals surface area contributed by atoms with Crippen LogP contribution in [-0.4, -0.2) is 15.2 Å². The molecule has 0 spiro atoms. The Balaban J connectivity index is 2.23. The van der Waals surface area contributed by atoms with Gasteiger partial charge in [-0.1, -0.05) is 11.2 Å². The molecular weight excluding hydrogens is 265 g/mol. The van der Waals surface area contributed by atoms with E-state index >= 15 is 0 Å². The number of aliphatic hydroxyl groups is 1. The van der Waals surface area contributed by atoms with Gasteiger partial charge in [0.2, 0.25) is 12.2 Å². The molecule has 2 rings (SSSR count). The fourth-order valence-corrected chi connectivity index (χ4v) is 1.42. The smallest absolute Gasteiger partial charge is 0.419 e. The van der Waals surface area contributed by atoms with Crippen molar-refractivity contribution in [2.75, 3.05) is 0 Å². The molecule has 0 bridgehead atoms. The molecule has 0 atom stereocenters. The molecule has 0 amide bonds. The molecule has 5 nitrogen and oxygen atoms in total. The minimum atomic E-state index is -4.57. The monoisotopic (exact) mass is 274 g/mol. The summed E-state index contributed by atoms with van der Waals surface area (Å²) in [6, 6.07) is 3.33. The van der Waals surface area contributed by atoms with Crippen LogP contribution in [0.2, 0.25) is 0 Å². The second kappa shape index (κ2) is 5.27. The molecule has 0 fully saturated rings. The van der Waals surface area contributed by atoms with E-state index in [0.717, 1.165) is 18.5 Å². The van der Waals surface area contributed by atoms with Crippen LogP contribution in [0.15, 0.2) is 29.1 Å². The number of hydrogen-bond donors (Lipinski definition) is 1. The Hall–Kier alpha value is -2.09. The molecule has 0 aliphatic rings. The zero-order valence-corrected chi connectivity index (χ0v) is 9.52. The minimum absolute atomic E-state index is 0.138. The lowest BCUT2D eigenvalue weighted by Crippen LogP contribution is -2.10. The Bertz CT molecular complexity index is 541. The van der Waals surface area contributed by atoms with Crippen LogP contribution >= 0.6 is 0 Å². The van der Waals surface area contributed by atoms with E-state index in [1.807, 2.05) is 0 Å². The molecule has 102 valence electrons. The summed E-state index contributed by atoms with van der Waals surface area (Å²) >= 11 is 0. The van der Waals surface area contributed by atoms with Gasteiger partial charge in [0.05, 0.1) is 12.2 Å². The zero-order valence-electron chi connectivity index (χ0n) is 9.52. The third-order valence-corrected chi connectivity index (χ3v) is 2.30. The van der Waals surface area contributed by atoms with E-state index in [0.29, 0.717) is 0 Å². The quantitative estimate of drug-likeness (QED) is 0.925. The number of benzene rings is 1. The Morgan fingerprint density at radius 3 is 2.68 bits per heavy atom. The first kappa shape index (κ1) is 13.3. The lowest BCUT2D eigenvalue weighted by Gasteiger charge is -2.14. The fraction of sp³-hybridized carbons (Fsp3) is 0.273. The van der Waals surface area contributed by atoms with Gasteiger partial charge in [-0.3, -0.25) is 0 Å². The molecule has 0 radical (unpaired) electrons. The molecule has 1 aromatic heterocycles. The third kappa shape index (κ3) is 3.22. The van der Waals surface area contributed by atoms with E-state index in [-0.39, 0.29) is 23.7 Å². The van der Waals surface area contributed by atoms with Crippen molar-refractivity contribution in [1.82, 2.24) is 10.1 Å². The van der Waals surface area contributed by atoms with E-state index in [1.54, 1.807) is 0 Å². The highest BCUT2D eigenvalue weighted by Crippen LogP contribution is 2.37. The predicted molar refractivity (Wildman–Crippen MR) is 56.0 cm³/mol. The summed E-state index contributed by atoms with van der Waals surface area (Å²) in [7, 11) is 0. The topological polar surface area (TPSA) is 68.4 Å². The molecule has 0 saturated heterocycles. The number of ether oxygens (including phenoxy) is 1. The lowest BCUT2D eigenvalue weighted by molar-refractivity contribution is -0.139. The van der Waals surface area contributed by atoms with Crippen LogP contribution in [0.1, 0.15) is 17.0 Å². The number of rotatable bonds is 4. The summed E-state index contributed by atoms with van der Waals surface area (Å²) in [6.45, 7) is -0.716. The van der Waals surface area contributed by atoms with Crippen molar-refractivity contribution < 1.29 is 27.5 Å². The first-order chi connectivity index (χ1) is 9.00. The number of hydrogen-bond acceptors (Lipinski definition) is 5. The van der Waals surface area contributed by atoms with Gasteiger partial charge in [-0.25, -0.2) is 0 Å². The standard InChI is InChI=1S/C11H9F3N2O3/c12-11(13,14)8-3-7(4-17)1-2-9(8)18-5-10-15-6-19-16-10/h1-3,6,17H,4-5H2. The van der Waals surface area contributed by atoms with E-state index in [4.69, 9.17) is 9.84 Å². The van der Waals surface area contributed by atoms with Gasteiger partial charge in [-0.15, -0.1) is 0 Å². The second-order valence-corrected chi connectivity index (χ2v) is 3.62. The summed E-state index contributed by atoms with van der Waals surface area (Å²) in [5.74, 6) is -0.214. The first-order valence-corrected chi connectivity index (χ1v) is 5.19. The van der Waals surface area contributed by atoms with Crippen molar-refractivity contribution in [1.29, 1.82) is 0 Å². The van der Waals surface area contributed by atoms with Crippen molar-refractivity contribution in [2.24, 2.45) is 0 Å². The Labute approximate surface area is 105 Å². The van der Waals surface area contributed by atoms with E-state index in [1.165, 1.54) is 6.07 Å². The molecule has 0 aliphatic heterocycles. The number of aromatic nitrogens is 2. The average molecular weight is 274 g/mol. The van der Waals surface area contributed by atoms with Gasteiger partial charge in [-0.2, -0.15) is 18.2 Å². The van der Waals surface area contributed by atoms with Gasteiger partial charge in [0.1, 0.15) is 5.75 Å². The summed E-state index contributed by atoms with van der Waals surface area (Å²) in [5.41, 5.74) is -0.804. The summed E-state index contributed by atoms with van der Waals surface area (Å²) in [4.78, 5) is 3.63. The normalized spacial score (nSPS) is 11.6. The highest BCUT2D eigenvalue weighted by atomic mass is 19.4. The third-order valence-electron chi connectivity index (χ3n) is 2.30. The van der Waals surface area contributed by atoms with Gasteiger partial charge in [0.25, 0.3) is 0 Å². The molecule has 0 saturated carbocycles. The van der Waals surface area contributed by atoms with Crippen LogP contribution in [-0.2, 0) is 19.4 Å². The number of aliphatic hydroxyl groups excluding tert-OH is 1. The maximum absolute atomic E-state index is 12.8. The Kier molecular flexibility index (Phi) is 3.70. The molecule has 1 aromatic carbocycles. The second-order valence-electron chi connectivity index (χ2n) is 3.62. The van der Waals surface area contributed by atoms with Crippen molar-refractivity contribution in [3.05, 3.63) is 41.5 Å². The molecule has 1 heterocycles. The minimum Gasteiger partial charge on any atom is -0.485 e. The fourth-order valence-electron chi connectivity index (χ4n) is 1.42. The lowest BCUT2D eigenvalue weighted by atomic mass is 10.1. The van der Waals surface area contributed by atoms with Gasteiger partial charge in [0, 0.05) is 0 Å². The van der Waals surface area contributed by atoms with E-state index < -0.39 is 18.3 Å². The van der Waals surface area contributed by atoms with E-state index in [9.17, 15) is 13.2 Å². The molecule has 1 N–H and O–H groups in total. The SMILES string of the molecule is OCc1ccc(OCc2ncon2)c(C(F)(F)F)c1. The molecule has 2 aromatic rings. The number of halogens is 3. The van der Waals surface area contributed by atoms with Gasteiger partial charge >= 0.3 is 6.18 Å². The van der Waals surface area contributed by atoms with Crippen molar-refractivity contribution in [2.45, 2.75) is 19.4 Å². The highest BCUT2D eigenvalue weighted by molar-refractivity contribution is 5.39. The average Bonchev–Trinajstić information content (AvgIpc) is 2.88. The first-order valence-electron chi connectivity index (χ1n) is 5.19. The van der Waals surface area contributed by atoms with Crippen LogP contribution in [0.3, 0.4) is 0 Å². The van der Waals surface area contributed by atoms with Gasteiger partial charge in [-0.05, 0) is 17.7 Å². The van der Waals surface area contributed by atoms with Crippen molar-refractivity contribution >= 4 is 0 Å². The van der Waals surface area contributed by atoms with Gasteiger partial charge in [0.15, 0.2) is 6.61 Å². The van der Waals surface area contributed by atoms with Crippen LogP contribution in [0, 0.1) is 0 Å². The molecule has 8 heteroatoms. The van der Waals surface area contributed by atoms with Gasteiger partial charge < -0.3 is 14.4 Å². The Morgan fingerprint density at radius 1 is 1.32 bits per heavy atom. The molecule has 0 unspecified atom stereocenters. The van der Waals surface area contributed by atoms with Crippen LogP contribution in [0.5, 0.6) is 5.75 Å². The van der Waals surface area contributed by atoms with Crippen LogP contribution < -0.4 is 4.74 Å². The maximum Gasteiger partial charge on any atom is 0.419 e. The van der Waals surface area contributed by atoms with Crippen LogP contribution in [0.4, 0.5) is 13.2 Å². The molecular formula is C11H9F3N2O3. The summed E-state index contributed by atoms with van der Waals surface area (Å²) in [6.07, 6.45) is -3.52. The van der Waals surface area contributed by atoms with Crippen molar-refractivity contribution in [3.8, 4) is 5.75 Å². The predicted octanol–water partition coefficient (Wildman–Crippen LogP) is 2.16. The van der Waals surface area contributed by atoms with E-state index in [2.05, 4.69) is 14.7 Å². The number of alkyl halides is 3. The highest BCUT2D eigenvalue weighted by Gasteiger charge is 2.34. The summed E-state index contributed by atoms with van der Waals surface area (Å²) in [5, 5.41) is 12.3. The zero-order chi connectivity index (χ0) is 13.9. The van der Waals surface area contributed by atoms with Crippen LogP contribution in [0.25, 0.3) is 0 Å². The van der Waals surface area contributed by atoms with Crippen molar-refractivity contribution in [3.63, 3.8) is 0 Å². The maximum atomic E-state index is 12.8. The number of nitrogens with zero attached hydrogens (tertiary/aromatic N) is 2. The summed E-state index contributed by atoms with van der Waals surface area (Å²) < 4.78 is 47.9. The molecule has 19 heavy (non-hydrogen) atoms.